The van der Waals surface area contributed by atoms with E-state index in [4.69, 9.17) is 16.3 Å². The fraction of sp³-hybridized carbons (Fsp3) is 0.435. The molecule has 184 valence electrons. The molecule has 4 rings (SSSR count). The van der Waals surface area contributed by atoms with Gasteiger partial charge in [0, 0.05) is 30.5 Å². The average Bonchev–Trinajstić information content (AvgIpc) is 2.93. The van der Waals surface area contributed by atoms with E-state index in [1.165, 1.54) is 19.2 Å². The molecule has 0 aliphatic heterocycles. The van der Waals surface area contributed by atoms with Crippen molar-refractivity contribution in [3.63, 3.8) is 0 Å². The van der Waals surface area contributed by atoms with Gasteiger partial charge >= 0.3 is 0 Å². The van der Waals surface area contributed by atoms with E-state index in [2.05, 4.69) is 5.32 Å². The number of carbonyl (C=O) groups is 1. The second kappa shape index (κ2) is 9.14. The fourth-order valence-electron chi connectivity index (χ4n) is 5.20. The number of hydrogen-bond acceptors (Lipinski definition) is 5. The van der Waals surface area contributed by atoms with Crippen LogP contribution in [0.15, 0.2) is 35.2 Å². The van der Waals surface area contributed by atoms with Gasteiger partial charge in [0.05, 0.1) is 27.4 Å². The maximum absolute atomic E-state index is 13.5. The number of aliphatic hydroxyl groups is 1. The second-order valence-electron chi connectivity index (χ2n) is 8.89. The molecule has 0 radical (unpaired) electrons. The Hall–Kier alpha value is -2.14. The molecule has 1 amide bonds. The van der Waals surface area contributed by atoms with Crippen molar-refractivity contribution in [3.05, 3.63) is 58.4 Å². The highest BCUT2D eigenvalue weighted by atomic mass is 35.5. The van der Waals surface area contributed by atoms with Gasteiger partial charge in [-0.25, -0.2) is 21.6 Å². The number of halogens is 4. The van der Waals surface area contributed by atoms with Crippen LogP contribution < -0.4 is 5.32 Å². The first-order valence-corrected chi connectivity index (χ1v) is 12.6. The summed E-state index contributed by atoms with van der Waals surface area (Å²) in [6.07, 6.45) is 1.86. The summed E-state index contributed by atoms with van der Waals surface area (Å²) in [7, 11) is -2.47. The van der Waals surface area contributed by atoms with Crippen molar-refractivity contribution in [2.75, 3.05) is 19.0 Å². The zero-order valence-electron chi connectivity index (χ0n) is 18.2. The van der Waals surface area contributed by atoms with Gasteiger partial charge < -0.3 is 15.2 Å². The van der Waals surface area contributed by atoms with Gasteiger partial charge in [-0.2, -0.15) is 0 Å². The zero-order chi connectivity index (χ0) is 24.8. The van der Waals surface area contributed by atoms with Crippen molar-refractivity contribution in [1.82, 2.24) is 0 Å². The SMILES string of the molecule is COCC1(O)C2CCC1CC(S(=O)(=O)c1cc(C(=O)Nc3cc(F)c(F)c(F)c3)ccc1Cl)C2. The molecular formula is C23H23ClF3NO5S. The molecular weight excluding hydrogens is 495 g/mol. The van der Waals surface area contributed by atoms with Crippen molar-refractivity contribution in [2.24, 2.45) is 11.8 Å². The summed E-state index contributed by atoms with van der Waals surface area (Å²) in [6, 6.07) is 4.87. The second-order valence-corrected chi connectivity index (χ2v) is 11.5. The highest BCUT2D eigenvalue weighted by Crippen LogP contribution is 2.52. The van der Waals surface area contributed by atoms with E-state index in [1.807, 2.05) is 0 Å². The van der Waals surface area contributed by atoms with Crippen molar-refractivity contribution in [2.45, 2.75) is 41.4 Å². The van der Waals surface area contributed by atoms with Gasteiger partial charge in [-0.1, -0.05) is 11.6 Å². The smallest absolute Gasteiger partial charge is 0.255 e. The summed E-state index contributed by atoms with van der Waals surface area (Å²) >= 11 is 6.20. The Morgan fingerprint density at radius 3 is 2.29 bits per heavy atom. The molecule has 6 nitrogen and oxygen atoms in total. The number of nitrogens with one attached hydrogen (secondary N) is 1. The molecule has 0 heterocycles. The number of ether oxygens (including phenoxy) is 1. The molecule has 2 atom stereocenters. The van der Waals surface area contributed by atoms with Gasteiger partial charge in [-0.05, 0) is 55.7 Å². The number of carbonyl (C=O) groups excluding carboxylic acids is 1. The molecule has 2 aromatic rings. The largest absolute Gasteiger partial charge is 0.387 e. The lowest BCUT2D eigenvalue weighted by molar-refractivity contribution is -0.104. The molecule has 2 aliphatic rings. The number of anilines is 1. The Balaban J connectivity index is 1.59. The lowest BCUT2D eigenvalue weighted by Crippen LogP contribution is -2.51. The minimum atomic E-state index is -3.97. The first-order valence-electron chi connectivity index (χ1n) is 10.7. The highest BCUT2D eigenvalue weighted by molar-refractivity contribution is 7.92. The molecule has 2 fully saturated rings. The van der Waals surface area contributed by atoms with Crippen LogP contribution in [0.3, 0.4) is 0 Å². The minimum Gasteiger partial charge on any atom is -0.387 e. The summed E-state index contributed by atoms with van der Waals surface area (Å²) in [5.41, 5.74) is -1.50. The van der Waals surface area contributed by atoms with Crippen molar-refractivity contribution < 1.29 is 36.2 Å². The molecule has 2 saturated carbocycles. The van der Waals surface area contributed by atoms with Crippen LogP contribution in [0.2, 0.25) is 5.02 Å². The van der Waals surface area contributed by atoms with Crippen LogP contribution in [-0.4, -0.2) is 44.0 Å². The van der Waals surface area contributed by atoms with Crippen molar-refractivity contribution in [1.29, 1.82) is 0 Å². The first kappa shape index (κ1) is 25.0. The van der Waals surface area contributed by atoms with Crippen LogP contribution in [0.1, 0.15) is 36.0 Å². The van der Waals surface area contributed by atoms with Crippen LogP contribution in [-0.2, 0) is 14.6 Å². The van der Waals surface area contributed by atoms with E-state index >= 15 is 0 Å². The first-order chi connectivity index (χ1) is 16.0. The molecule has 0 saturated heterocycles. The van der Waals surface area contributed by atoms with E-state index in [-0.39, 0.29) is 52.5 Å². The summed E-state index contributed by atoms with van der Waals surface area (Å²) in [4.78, 5) is 12.4. The van der Waals surface area contributed by atoms with Gasteiger partial charge in [0.25, 0.3) is 5.91 Å². The monoisotopic (exact) mass is 517 g/mol. The topological polar surface area (TPSA) is 92.7 Å². The summed E-state index contributed by atoms with van der Waals surface area (Å²) in [5, 5.41) is 12.4. The van der Waals surface area contributed by atoms with Gasteiger partial charge in [0.15, 0.2) is 27.3 Å². The van der Waals surface area contributed by atoms with Gasteiger partial charge in [0.1, 0.15) is 0 Å². The summed E-state index contributed by atoms with van der Waals surface area (Å²) < 4.78 is 72.2. The third-order valence-electron chi connectivity index (χ3n) is 6.93. The number of amides is 1. The lowest BCUT2D eigenvalue weighted by Gasteiger charge is -2.42. The minimum absolute atomic E-state index is 0.0690. The van der Waals surface area contributed by atoms with Crippen LogP contribution >= 0.6 is 11.6 Å². The number of methoxy groups -OCH3 is 1. The molecule has 0 spiro atoms. The maximum atomic E-state index is 13.5. The predicted molar refractivity (Wildman–Crippen MR) is 119 cm³/mol. The van der Waals surface area contributed by atoms with Gasteiger partial charge in [-0.3, -0.25) is 4.79 Å². The van der Waals surface area contributed by atoms with Crippen LogP contribution in [0, 0.1) is 29.3 Å². The zero-order valence-corrected chi connectivity index (χ0v) is 19.7. The normalized spacial score (nSPS) is 26.5. The third kappa shape index (κ3) is 4.32. The van der Waals surface area contributed by atoms with E-state index in [0.717, 1.165) is 6.07 Å². The molecule has 2 aromatic carbocycles. The Morgan fingerprint density at radius 2 is 1.74 bits per heavy atom. The van der Waals surface area contributed by atoms with Crippen LogP contribution in [0.5, 0.6) is 0 Å². The Morgan fingerprint density at radius 1 is 1.15 bits per heavy atom. The summed E-state index contributed by atoms with van der Waals surface area (Å²) in [5.74, 6) is -5.95. The van der Waals surface area contributed by atoms with E-state index in [0.29, 0.717) is 25.0 Å². The quantitative estimate of drug-likeness (QED) is 0.556. The van der Waals surface area contributed by atoms with Crippen molar-refractivity contribution in [3.8, 4) is 0 Å². The van der Waals surface area contributed by atoms with E-state index in [1.54, 1.807) is 0 Å². The van der Waals surface area contributed by atoms with Crippen LogP contribution in [0.4, 0.5) is 18.9 Å². The number of rotatable bonds is 6. The molecule has 2 N–H and O–H groups in total. The molecule has 2 bridgehead atoms. The van der Waals surface area contributed by atoms with Gasteiger partial charge in [-0.15, -0.1) is 0 Å². The van der Waals surface area contributed by atoms with Gasteiger partial charge in [0.2, 0.25) is 0 Å². The Kier molecular flexibility index (Phi) is 6.71. The highest BCUT2D eigenvalue weighted by Gasteiger charge is 2.55. The van der Waals surface area contributed by atoms with Crippen LogP contribution in [0.25, 0.3) is 0 Å². The summed E-state index contributed by atoms with van der Waals surface area (Å²) in [6.45, 7) is 0.135. The molecule has 11 heteroatoms. The standard InChI is InChI=1S/C23H23ClF3NO5S/c1-33-11-23(30)13-3-4-14(23)8-16(7-13)34(31,32)20-6-12(2-5-17(20)24)22(29)28-15-9-18(25)21(27)19(26)10-15/h2,5-6,9-10,13-14,16,30H,3-4,7-8,11H2,1H3,(H,28,29). The number of benzene rings is 2. The third-order valence-corrected chi connectivity index (χ3v) is 9.58. The molecule has 34 heavy (non-hydrogen) atoms. The number of fused-ring (bicyclic) bond motifs is 2. The average molecular weight is 518 g/mol. The van der Waals surface area contributed by atoms with E-state index < -0.39 is 44.0 Å². The Labute approximate surface area is 200 Å². The predicted octanol–water partition coefficient (Wildman–Crippen LogP) is 4.35. The fourth-order valence-corrected chi connectivity index (χ4v) is 7.61. The molecule has 2 unspecified atom stereocenters. The maximum Gasteiger partial charge on any atom is 0.255 e. The lowest BCUT2D eigenvalue weighted by atomic mass is 9.75. The number of sulfone groups is 1. The van der Waals surface area contributed by atoms with E-state index in [9.17, 15) is 31.5 Å². The molecule has 0 aromatic heterocycles. The Bertz CT molecular complexity index is 1200. The van der Waals surface area contributed by atoms with Crippen molar-refractivity contribution >= 4 is 33.0 Å². The molecule has 2 aliphatic carbocycles. The number of hydrogen-bond donors (Lipinski definition) is 2.